The molecule has 0 unspecified atom stereocenters. The van der Waals surface area contributed by atoms with Crippen LogP contribution in [0.25, 0.3) is 17.2 Å². The van der Waals surface area contributed by atoms with Gasteiger partial charge < -0.3 is 10.1 Å². The highest BCUT2D eigenvalue weighted by molar-refractivity contribution is 6.05. The molecule has 0 aliphatic rings. The Morgan fingerprint density at radius 2 is 1.89 bits per heavy atom. The second kappa shape index (κ2) is 6.99. The van der Waals surface area contributed by atoms with Crippen molar-refractivity contribution < 1.29 is 9.53 Å². The molecule has 1 amide bonds. The van der Waals surface area contributed by atoms with Gasteiger partial charge in [0.15, 0.2) is 5.82 Å². The quantitative estimate of drug-likeness (QED) is 0.571. The number of aryl methyl sites for hydroxylation is 1. The summed E-state index contributed by atoms with van der Waals surface area (Å²) >= 11 is 0. The lowest BCUT2D eigenvalue weighted by molar-refractivity contribution is 0.102. The number of fused-ring (bicyclic) bond motifs is 1. The zero-order valence-electron chi connectivity index (χ0n) is 15.3. The van der Waals surface area contributed by atoms with Gasteiger partial charge in [-0.2, -0.15) is 9.50 Å². The molecule has 0 aliphatic carbocycles. The Morgan fingerprint density at radius 3 is 2.68 bits per heavy atom. The number of hydrogen-bond donors (Lipinski definition) is 2. The van der Waals surface area contributed by atoms with E-state index >= 15 is 0 Å². The van der Waals surface area contributed by atoms with E-state index in [1.807, 2.05) is 31.2 Å². The molecule has 2 aromatic heterocycles. The smallest absolute Gasteiger partial charge is 0.260 e. The zero-order chi connectivity index (χ0) is 19.7. The predicted octanol–water partition coefficient (Wildman–Crippen LogP) is 2.65. The van der Waals surface area contributed by atoms with Crippen molar-refractivity contribution in [3.05, 3.63) is 76.1 Å². The number of benzene rings is 2. The lowest BCUT2D eigenvalue weighted by atomic mass is 10.1. The Bertz CT molecular complexity index is 1240. The standard InChI is InChI=1S/C20H17N5O3/c1-12-7-3-4-8-13(12)18-23-20-22-17(26)11-16(25(20)24-18)21-19(27)14-9-5-6-10-15(14)28-2/h3-11H,1-2H3,(H,21,27)(H,22,23,24,26). The lowest BCUT2D eigenvalue weighted by Crippen LogP contribution is -2.19. The molecule has 28 heavy (non-hydrogen) atoms. The van der Waals surface area contributed by atoms with E-state index in [0.29, 0.717) is 17.1 Å². The first-order chi connectivity index (χ1) is 13.6. The van der Waals surface area contributed by atoms with E-state index in [4.69, 9.17) is 4.74 Å². The SMILES string of the molecule is COc1ccccc1C(=O)Nc1cc(=O)[nH]c2nc(-c3ccccc3C)nn12. The number of amides is 1. The minimum Gasteiger partial charge on any atom is -0.496 e. The van der Waals surface area contributed by atoms with Crippen LogP contribution >= 0.6 is 0 Å². The topological polar surface area (TPSA) is 101 Å². The molecule has 0 saturated heterocycles. The summed E-state index contributed by atoms with van der Waals surface area (Å²) in [6.45, 7) is 1.95. The van der Waals surface area contributed by atoms with Crippen LogP contribution in [0, 0.1) is 6.92 Å². The van der Waals surface area contributed by atoms with Crippen molar-refractivity contribution in [2.24, 2.45) is 0 Å². The van der Waals surface area contributed by atoms with Crippen molar-refractivity contribution in [2.75, 3.05) is 12.4 Å². The van der Waals surface area contributed by atoms with E-state index in [-0.39, 0.29) is 11.6 Å². The number of nitrogens with one attached hydrogen (secondary N) is 2. The van der Waals surface area contributed by atoms with E-state index in [2.05, 4.69) is 20.4 Å². The number of rotatable bonds is 4. The van der Waals surface area contributed by atoms with Gasteiger partial charge in [0, 0.05) is 11.6 Å². The fourth-order valence-electron chi connectivity index (χ4n) is 2.94. The second-order valence-electron chi connectivity index (χ2n) is 6.16. The summed E-state index contributed by atoms with van der Waals surface area (Å²) in [5, 5.41) is 7.18. The number of methoxy groups -OCH3 is 1. The second-order valence-corrected chi connectivity index (χ2v) is 6.16. The summed E-state index contributed by atoms with van der Waals surface area (Å²) in [7, 11) is 1.49. The van der Waals surface area contributed by atoms with E-state index in [1.54, 1.807) is 24.3 Å². The van der Waals surface area contributed by atoms with Crippen LogP contribution in [-0.2, 0) is 0 Å². The van der Waals surface area contributed by atoms with Crippen LogP contribution in [0.3, 0.4) is 0 Å². The monoisotopic (exact) mass is 375 g/mol. The zero-order valence-corrected chi connectivity index (χ0v) is 15.3. The average molecular weight is 375 g/mol. The molecular formula is C20H17N5O3. The fourth-order valence-corrected chi connectivity index (χ4v) is 2.94. The summed E-state index contributed by atoms with van der Waals surface area (Å²) in [4.78, 5) is 31.8. The molecule has 2 N–H and O–H groups in total. The maximum atomic E-state index is 12.7. The van der Waals surface area contributed by atoms with Crippen LogP contribution in [-0.4, -0.2) is 32.6 Å². The summed E-state index contributed by atoms with van der Waals surface area (Å²) in [5.41, 5.74) is 1.79. The summed E-state index contributed by atoms with van der Waals surface area (Å²) < 4.78 is 6.63. The van der Waals surface area contributed by atoms with Gasteiger partial charge in [0.25, 0.3) is 11.5 Å². The number of aromatic nitrogens is 4. The van der Waals surface area contributed by atoms with Crippen LogP contribution in [0.15, 0.2) is 59.4 Å². The molecule has 2 aromatic carbocycles. The van der Waals surface area contributed by atoms with Gasteiger partial charge in [-0.25, -0.2) is 0 Å². The van der Waals surface area contributed by atoms with Crippen LogP contribution < -0.4 is 15.6 Å². The first kappa shape index (κ1) is 17.5. The third kappa shape index (κ3) is 3.11. The Kier molecular flexibility index (Phi) is 4.36. The highest BCUT2D eigenvalue weighted by atomic mass is 16.5. The first-order valence-electron chi connectivity index (χ1n) is 8.57. The number of carbonyl (C=O) groups is 1. The van der Waals surface area contributed by atoms with Crippen molar-refractivity contribution in [3.8, 4) is 17.1 Å². The van der Waals surface area contributed by atoms with Crippen LogP contribution in [0.1, 0.15) is 15.9 Å². The lowest BCUT2D eigenvalue weighted by Gasteiger charge is -2.09. The minimum absolute atomic E-state index is 0.210. The number of nitrogens with zero attached hydrogens (tertiary/aromatic N) is 3. The molecule has 0 atom stereocenters. The molecule has 8 nitrogen and oxygen atoms in total. The number of ether oxygens (including phenoxy) is 1. The van der Waals surface area contributed by atoms with E-state index in [1.165, 1.54) is 17.7 Å². The largest absolute Gasteiger partial charge is 0.496 e. The molecule has 0 fully saturated rings. The van der Waals surface area contributed by atoms with Crippen molar-refractivity contribution in [2.45, 2.75) is 6.92 Å². The normalized spacial score (nSPS) is 10.8. The molecule has 140 valence electrons. The average Bonchev–Trinajstić information content (AvgIpc) is 3.12. The first-order valence-corrected chi connectivity index (χ1v) is 8.57. The van der Waals surface area contributed by atoms with Crippen molar-refractivity contribution >= 4 is 17.5 Å². The molecule has 0 bridgehead atoms. The molecule has 0 saturated carbocycles. The number of hydrogen-bond acceptors (Lipinski definition) is 5. The number of anilines is 1. The Morgan fingerprint density at radius 1 is 1.14 bits per heavy atom. The molecule has 0 radical (unpaired) electrons. The van der Waals surface area contributed by atoms with Gasteiger partial charge >= 0.3 is 0 Å². The van der Waals surface area contributed by atoms with Gasteiger partial charge in [-0.1, -0.05) is 36.4 Å². The van der Waals surface area contributed by atoms with Crippen molar-refractivity contribution in [1.82, 2.24) is 19.6 Å². The van der Waals surface area contributed by atoms with Crippen molar-refractivity contribution in [1.29, 1.82) is 0 Å². The molecule has 0 spiro atoms. The number of carbonyl (C=O) groups excluding carboxylic acids is 1. The molecule has 4 rings (SSSR count). The highest BCUT2D eigenvalue weighted by Gasteiger charge is 2.16. The summed E-state index contributed by atoms with van der Waals surface area (Å²) in [6.07, 6.45) is 0. The maximum absolute atomic E-state index is 12.7. The molecule has 2 heterocycles. The van der Waals surface area contributed by atoms with Crippen molar-refractivity contribution in [3.63, 3.8) is 0 Å². The fraction of sp³-hybridized carbons (Fsp3) is 0.100. The summed E-state index contributed by atoms with van der Waals surface area (Å²) in [6, 6.07) is 15.8. The van der Waals surface area contributed by atoms with E-state index in [9.17, 15) is 9.59 Å². The highest BCUT2D eigenvalue weighted by Crippen LogP contribution is 2.22. The van der Waals surface area contributed by atoms with Gasteiger partial charge in [-0.15, -0.1) is 5.10 Å². The van der Waals surface area contributed by atoms with Crippen LogP contribution in [0.2, 0.25) is 0 Å². The van der Waals surface area contributed by atoms with E-state index < -0.39 is 11.5 Å². The van der Waals surface area contributed by atoms with Gasteiger partial charge in [-0.3, -0.25) is 14.6 Å². The molecular weight excluding hydrogens is 358 g/mol. The Labute approximate surface area is 159 Å². The van der Waals surface area contributed by atoms with Gasteiger partial charge in [0.05, 0.1) is 12.7 Å². The Hall–Kier alpha value is -3.94. The van der Waals surface area contributed by atoms with Gasteiger partial charge in [0.2, 0.25) is 5.78 Å². The maximum Gasteiger partial charge on any atom is 0.260 e. The van der Waals surface area contributed by atoms with E-state index in [0.717, 1.165) is 11.1 Å². The predicted molar refractivity (Wildman–Crippen MR) is 105 cm³/mol. The molecule has 8 heteroatoms. The molecule has 4 aromatic rings. The minimum atomic E-state index is -0.419. The van der Waals surface area contributed by atoms with Crippen LogP contribution in [0.5, 0.6) is 5.75 Å². The van der Waals surface area contributed by atoms with Gasteiger partial charge in [-0.05, 0) is 24.6 Å². The number of H-pyrrole nitrogens is 1. The van der Waals surface area contributed by atoms with Gasteiger partial charge in [0.1, 0.15) is 11.6 Å². The third-order valence-corrected chi connectivity index (χ3v) is 4.32. The number of aromatic amines is 1. The molecule has 0 aliphatic heterocycles. The third-order valence-electron chi connectivity index (χ3n) is 4.32. The summed E-state index contributed by atoms with van der Waals surface area (Å²) in [5.74, 6) is 0.911. The van der Waals surface area contributed by atoms with Crippen LogP contribution in [0.4, 0.5) is 5.82 Å². The number of para-hydroxylation sites is 1. The Balaban J connectivity index is 1.78.